The maximum atomic E-state index is 11.1. The Kier molecular flexibility index (Phi) is 13.3. The van der Waals surface area contributed by atoms with Crippen LogP contribution in [0.15, 0.2) is 24.3 Å². The molecule has 272 valence electrons. The van der Waals surface area contributed by atoms with Crippen molar-refractivity contribution < 1.29 is 38.0 Å². The molecule has 0 N–H and O–H groups in total. The molecular formula is C40H64O8. The van der Waals surface area contributed by atoms with E-state index in [4.69, 9.17) is 28.4 Å². The molecule has 8 heteroatoms. The lowest BCUT2D eigenvalue weighted by molar-refractivity contribution is -0.170. The number of hydrogen-bond acceptors (Lipinski definition) is 8. The van der Waals surface area contributed by atoms with Crippen molar-refractivity contribution in [2.24, 2.45) is 47.3 Å². The van der Waals surface area contributed by atoms with Crippen LogP contribution in [0.5, 0.6) is 0 Å². The van der Waals surface area contributed by atoms with Crippen LogP contribution in [0, 0.1) is 47.3 Å². The van der Waals surface area contributed by atoms with Gasteiger partial charge in [0.15, 0.2) is 0 Å². The summed E-state index contributed by atoms with van der Waals surface area (Å²) in [4.78, 5) is 22.1. The van der Waals surface area contributed by atoms with Crippen molar-refractivity contribution >= 4 is 11.9 Å². The Labute approximate surface area is 290 Å². The quantitative estimate of drug-likeness (QED) is 0.0674. The van der Waals surface area contributed by atoms with E-state index in [9.17, 15) is 9.59 Å². The van der Waals surface area contributed by atoms with Crippen LogP contribution in [0.4, 0.5) is 0 Å². The first-order valence-electron chi connectivity index (χ1n) is 19.2. The third-order valence-corrected chi connectivity index (χ3v) is 12.6. The van der Waals surface area contributed by atoms with E-state index < -0.39 is 18.5 Å². The Balaban J connectivity index is 0.000000125. The summed E-state index contributed by atoms with van der Waals surface area (Å²) in [6.07, 6.45) is 19.9. The van der Waals surface area contributed by atoms with Gasteiger partial charge in [0.05, 0.1) is 24.4 Å². The second-order valence-corrected chi connectivity index (χ2v) is 15.9. The molecule has 14 atom stereocenters. The first-order chi connectivity index (χ1) is 23.1. The van der Waals surface area contributed by atoms with Crippen LogP contribution in [-0.2, 0) is 38.0 Å². The molecule has 8 rings (SSSR count). The molecule has 8 nitrogen and oxygen atoms in total. The average Bonchev–Trinajstić information content (AvgIpc) is 3.54. The standard InChI is InChI=1S/C11H20O3.2C10H14O.C9H16O3/c1-5-6-7-8-10(13-4)14-11(12)9(2)3;2*1-2-6-3-5(1)7-4-8-10(11-8)9(6)7;1-5-6-8(11-4)12-9(10)7(2)3/h10H,2,5-8H2,1,3-4H3;2*5-10H,1-4H2;8H,2,5-6H2,1,3-4H3. The normalized spacial score (nSPS) is 38.6. The molecule has 6 aliphatic carbocycles. The van der Waals surface area contributed by atoms with Gasteiger partial charge in [-0.05, 0) is 119 Å². The maximum absolute atomic E-state index is 11.1. The first-order valence-corrected chi connectivity index (χ1v) is 19.2. The maximum Gasteiger partial charge on any atom is 0.335 e. The van der Waals surface area contributed by atoms with E-state index in [2.05, 4.69) is 20.1 Å². The summed E-state index contributed by atoms with van der Waals surface area (Å²) in [5.41, 5.74) is 0.802. The van der Waals surface area contributed by atoms with Crippen LogP contribution in [0.3, 0.4) is 0 Å². The molecule has 0 aromatic heterocycles. The van der Waals surface area contributed by atoms with Crippen LogP contribution < -0.4 is 0 Å². The number of fused-ring (bicyclic) bond motifs is 14. The Bertz CT molecular complexity index is 1070. The number of carbonyl (C=O) groups is 2. The molecule has 6 saturated carbocycles. The molecule has 0 aromatic rings. The number of carbonyl (C=O) groups excluding carboxylic acids is 2. The molecule has 8 fully saturated rings. The SMILES string of the molecule is C1CC2CC1C1CC3OC3C21.C1CC2CC1C1CC3OC3C21.C=C(C)C(=O)OC(CCC)OC.C=C(C)C(=O)OC(CCCCC)OC. The fourth-order valence-electron chi connectivity index (χ4n) is 10.2. The smallest absolute Gasteiger partial charge is 0.335 e. The summed E-state index contributed by atoms with van der Waals surface area (Å²) in [7, 11) is 3.06. The van der Waals surface area contributed by atoms with Gasteiger partial charge >= 0.3 is 11.9 Å². The van der Waals surface area contributed by atoms with Gasteiger partial charge in [-0.25, -0.2) is 9.59 Å². The highest BCUT2D eigenvalue weighted by Crippen LogP contribution is 2.65. The molecule has 48 heavy (non-hydrogen) atoms. The molecule has 8 aliphatic rings. The molecule has 2 aliphatic heterocycles. The molecule has 0 aromatic carbocycles. The van der Waals surface area contributed by atoms with E-state index in [1.165, 1.54) is 32.8 Å². The van der Waals surface area contributed by atoms with Crippen LogP contribution in [0.1, 0.15) is 118 Å². The van der Waals surface area contributed by atoms with Crippen molar-refractivity contribution in [3.63, 3.8) is 0 Å². The van der Waals surface area contributed by atoms with Gasteiger partial charge < -0.3 is 28.4 Å². The summed E-state index contributed by atoms with van der Waals surface area (Å²) in [6, 6.07) is 0. The second kappa shape index (κ2) is 17.0. The fourth-order valence-corrected chi connectivity index (χ4v) is 10.2. The highest BCUT2D eigenvalue weighted by molar-refractivity contribution is 5.87. The lowest BCUT2D eigenvalue weighted by atomic mass is 9.81. The van der Waals surface area contributed by atoms with Gasteiger partial charge in [-0.2, -0.15) is 0 Å². The molecule has 4 bridgehead atoms. The van der Waals surface area contributed by atoms with Crippen molar-refractivity contribution in [2.45, 2.75) is 155 Å². The summed E-state index contributed by atoms with van der Waals surface area (Å²) in [6.45, 7) is 14.3. The monoisotopic (exact) mass is 672 g/mol. The van der Waals surface area contributed by atoms with Crippen LogP contribution in [0.2, 0.25) is 0 Å². The molecule has 2 heterocycles. The number of rotatable bonds is 12. The van der Waals surface area contributed by atoms with E-state index in [0.29, 0.717) is 11.1 Å². The number of epoxide rings is 2. The molecule has 0 amide bonds. The van der Waals surface area contributed by atoms with E-state index in [1.54, 1.807) is 46.6 Å². The summed E-state index contributed by atoms with van der Waals surface area (Å²) in [5.74, 6) is 7.92. The van der Waals surface area contributed by atoms with Crippen molar-refractivity contribution in [2.75, 3.05) is 14.2 Å². The Morgan fingerprint density at radius 2 is 1.08 bits per heavy atom. The highest BCUT2D eigenvalue weighted by Gasteiger charge is 2.65. The van der Waals surface area contributed by atoms with Crippen molar-refractivity contribution in [1.82, 2.24) is 0 Å². The second-order valence-electron chi connectivity index (χ2n) is 15.9. The minimum absolute atomic E-state index is 0.381. The minimum atomic E-state index is -0.431. The lowest BCUT2D eigenvalue weighted by Crippen LogP contribution is -2.22. The van der Waals surface area contributed by atoms with Gasteiger partial charge in [0, 0.05) is 38.2 Å². The van der Waals surface area contributed by atoms with E-state index in [0.717, 1.165) is 110 Å². The third kappa shape index (κ3) is 8.94. The number of ether oxygens (including phenoxy) is 6. The Hall–Kier alpha value is -1.74. The predicted molar refractivity (Wildman–Crippen MR) is 185 cm³/mol. The summed E-state index contributed by atoms with van der Waals surface area (Å²) >= 11 is 0. The van der Waals surface area contributed by atoms with E-state index >= 15 is 0 Å². The van der Waals surface area contributed by atoms with Gasteiger partial charge in [0.2, 0.25) is 12.6 Å². The zero-order valence-corrected chi connectivity index (χ0v) is 30.7. The van der Waals surface area contributed by atoms with Gasteiger partial charge in [0.1, 0.15) is 0 Å². The Morgan fingerprint density at radius 3 is 1.46 bits per heavy atom. The van der Waals surface area contributed by atoms with Gasteiger partial charge in [-0.15, -0.1) is 0 Å². The Morgan fingerprint density at radius 1 is 0.646 bits per heavy atom. The third-order valence-electron chi connectivity index (χ3n) is 12.6. The largest absolute Gasteiger partial charge is 0.432 e. The number of methoxy groups -OCH3 is 2. The number of esters is 2. The van der Waals surface area contributed by atoms with Crippen LogP contribution in [-0.4, -0.2) is 63.2 Å². The molecular weight excluding hydrogens is 608 g/mol. The molecule has 2 saturated heterocycles. The summed E-state index contributed by atoms with van der Waals surface area (Å²) in [5, 5.41) is 0. The van der Waals surface area contributed by atoms with Crippen molar-refractivity contribution in [3.8, 4) is 0 Å². The molecule has 0 radical (unpaired) electrons. The topological polar surface area (TPSA) is 96.1 Å². The number of hydrogen-bond donors (Lipinski definition) is 0. The lowest BCUT2D eigenvalue weighted by Gasteiger charge is -2.25. The van der Waals surface area contributed by atoms with Crippen LogP contribution in [0.25, 0.3) is 0 Å². The molecule has 14 unspecified atom stereocenters. The fraction of sp³-hybridized carbons (Fsp3) is 0.850. The number of unbranched alkanes of at least 4 members (excludes halogenated alkanes) is 2. The minimum Gasteiger partial charge on any atom is -0.432 e. The first kappa shape index (κ1) is 37.5. The van der Waals surface area contributed by atoms with Gasteiger partial charge in [-0.1, -0.05) is 46.3 Å². The van der Waals surface area contributed by atoms with Crippen molar-refractivity contribution in [1.29, 1.82) is 0 Å². The zero-order chi connectivity index (χ0) is 34.5. The van der Waals surface area contributed by atoms with Crippen LogP contribution >= 0.6 is 0 Å². The van der Waals surface area contributed by atoms with Crippen molar-refractivity contribution in [3.05, 3.63) is 24.3 Å². The molecule has 0 spiro atoms. The average molecular weight is 673 g/mol. The summed E-state index contributed by atoms with van der Waals surface area (Å²) < 4.78 is 31.2. The van der Waals surface area contributed by atoms with Gasteiger partial charge in [-0.3, -0.25) is 0 Å². The van der Waals surface area contributed by atoms with E-state index in [-0.39, 0.29) is 5.97 Å². The predicted octanol–water partition coefficient (Wildman–Crippen LogP) is 8.18. The zero-order valence-electron chi connectivity index (χ0n) is 30.7. The highest BCUT2D eigenvalue weighted by atomic mass is 16.7. The van der Waals surface area contributed by atoms with Gasteiger partial charge in [0.25, 0.3) is 0 Å². The van der Waals surface area contributed by atoms with E-state index in [1.807, 2.05) is 6.92 Å².